The maximum atomic E-state index is 12.7. The molecule has 6 nitrogen and oxygen atoms in total. The van der Waals surface area contributed by atoms with Gasteiger partial charge in [0.1, 0.15) is 0 Å². The molecule has 1 N–H and O–H groups in total. The number of hydrogen-bond donors (Lipinski definition) is 1. The first kappa shape index (κ1) is 21.1. The number of nitrogens with zero attached hydrogens (tertiary/aromatic N) is 2. The SMILES string of the molecule is CC(C)NC(=O)C(=O)N1CCN(C(=O)C2CC2c2ccc(C(F)(F)F)cc2)CC1. The summed E-state index contributed by atoms with van der Waals surface area (Å²) in [7, 11) is 0. The number of alkyl halides is 3. The van der Waals surface area contributed by atoms with Gasteiger partial charge in [0.15, 0.2) is 0 Å². The van der Waals surface area contributed by atoms with Gasteiger partial charge in [0.05, 0.1) is 5.56 Å². The van der Waals surface area contributed by atoms with Gasteiger partial charge in [-0.15, -0.1) is 0 Å². The molecule has 9 heteroatoms. The summed E-state index contributed by atoms with van der Waals surface area (Å²) in [5.41, 5.74) is 0.0302. The van der Waals surface area contributed by atoms with Crippen LogP contribution in [0.1, 0.15) is 37.3 Å². The average molecular weight is 411 g/mol. The van der Waals surface area contributed by atoms with Crippen molar-refractivity contribution >= 4 is 17.7 Å². The summed E-state index contributed by atoms with van der Waals surface area (Å²) in [5.74, 6) is -1.60. The Labute approximate surface area is 167 Å². The zero-order chi connectivity index (χ0) is 21.3. The second kappa shape index (κ2) is 8.04. The number of rotatable bonds is 3. The Balaban J connectivity index is 1.51. The molecular formula is C20H24F3N3O3. The number of nitrogens with one attached hydrogen (secondary N) is 1. The highest BCUT2D eigenvalue weighted by molar-refractivity contribution is 6.35. The van der Waals surface area contributed by atoms with Gasteiger partial charge in [-0.05, 0) is 43.9 Å². The Morgan fingerprint density at radius 1 is 1.00 bits per heavy atom. The van der Waals surface area contributed by atoms with E-state index in [1.54, 1.807) is 18.7 Å². The van der Waals surface area contributed by atoms with Crippen molar-refractivity contribution in [2.24, 2.45) is 5.92 Å². The normalized spacial score (nSPS) is 21.9. The first-order valence-corrected chi connectivity index (χ1v) is 9.63. The molecule has 158 valence electrons. The predicted octanol–water partition coefficient (Wildman–Crippen LogP) is 2.00. The summed E-state index contributed by atoms with van der Waals surface area (Å²) in [6, 6.07) is 4.82. The van der Waals surface area contributed by atoms with Crippen molar-refractivity contribution in [3.63, 3.8) is 0 Å². The molecule has 2 aliphatic rings. The van der Waals surface area contributed by atoms with Gasteiger partial charge in [-0.1, -0.05) is 12.1 Å². The minimum Gasteiger partial charge on any atom is -0.346 e. The minimum atomic E-state index is -4.37. The van der Waals surface area contributed by atoms with Crippen LogP contribution < -0.4 is 5.32 Å². The topological polar surface area (TPSA) is 69.7 Å². The van der Waals surface area contributed by atoms with Crippen LogP contribution in [-0.2, 0) is 20.6 Å². The molecule has 0 bridgehead atoms. The second-order valence-corrected chi connectivity index (χ2v) is 7.81. The summed E-state index contributed by atoms with van der Waals surface area (Å²) in [6.07, 6.45) is -3.76. The summed E-state index contributed by atoms with van der Waals surface area (Å²) in [6.45, 7) is 4.79. The fourth-order valence-electron chi connectivity index (χ4n) is 3.59. The lowest BCUT2D eigenvalue weighted by atomic mass is 10.1. The van der Waals surface area contributed by atoms with Crippen LogP contribution in [0, 0.1) is 5.92 Å². The zero-order valence-corrected chi connectivity index (χ0v) is 16.3. The smallest absolute Gasteiger partial charge is 0.346 e. The quantitative estimate of drug-likeness (QED) is 0.774. The number of benzene rings is 1. The molecule has 0 spiro atoms. The van der Waals surface area contributed by atoms with E-state index in [0.717, 1.165) is 17.7 Å². The lowest BCUT2D eigenvalue weighted by Crippen LogP contribution is -2.54. The molecule has 3 amide bonds. The van der Waals surface area contributed by atoms with E-state index in [1.807, 2.05) is 0 Å². The van der Waals surface area contributed by atoms with Crippen LogP contribution in [0.3, 0.4) is 0 Å². The van der Waals surface area contributed by atoms with Gasteiger partial charge >= 0.3 is 18.0 Å². The van der Waals surface area contributed by atoms with Crippen molar-refractivity contribution in [2.45, 2.75) is 38.4 Å². The van der Waals surface area contributed by atoms with Crippen LogP contribution >= 0.6 is 0 Å². The monoisotopic (exact) mass is 411 g/mol. The maximum Gasteiger partial charge on any atom is 0.416 e. The van der Waals surface area contributed by atoms with Crippen molar-refractivity contribution in [1.29, 1.82) is 0 Å². The Morgan fingerprint density at radius 3 is 2.07 bits per heavy atom. The molecule has 1 aliphatic heterocycles. The van der Waals surface area contributed by atoms with E-state index in [2.05, 4.69) is 5.32 Å². The van der Waals surface area contributed by atoms with Gasteiger partial charge in [-0.3, -0.25) is 14.4 Å². The predicted molar refractivity (Wildman–Crippen MR) is 98.7 cm³/mol. The average Bonchev–Trinajstić information content (AvgIpc) is 3.46. The van der Waals surface area contributed by atoms with E-state index in [1.165, 1.54) is 17.0 Å². The molecule has 0 aromatic heterocycles. The van der Waals surface area contributed by atoms with Crippen LogP contribution in [0.4, 0.5) is 13.2 Å². The molecule has 1 aromatic rings. The third kappa shape index (κ3) is 4.89. The van der Waals surface area contributed by atoms with Crippen molar-refractivity contribution in [1.82, 2.24) is 15.1 Å². The lowest BCUT2D eigenvalue weighted by Gasteiger charge is -2.34. The Kier molecular flexibility index (Phi) is 5.86. The molecular weight excluding hydrogens is 387 g/mol. The third-order valence-corrected chi connectivity index (χ3v) is 5.27. The minimum absolute atomic E-state index is 0.0476. The van der Waals surface area contributed by atoms with Crippen LogP contribution in [0.2, 0.25) is 0 Å². The van der Waals surface area contributed by atoms with Crippen molar-refractivity contribution in [2.75, 3.05) is 26.2 Å². The molecule has 0 radical (unpaired) electrons. The molecule has 1 saturated carbocycles. The molecule has 1 aliphatic carbocycles. The van der Waals surface area contributed by atoms with Crippen molar-refractivity contribution in [3.8, 4) is 0 Å². The molecule has 2 atom stereocenters. The highest BCUT2D eigenvalue weighted by atomic mass is 19.4. The van der Waals surface area contributed by atoms with E-state index in [4.69, 9.17) is 0 Å². The van der Waals surface area contributed by atoms with Gasteiger partial charge in [0.25, 0.3) is 0 Å². The fourth-order valence-corrected chi connectivity index (χ4v) is 3.59. The number of carbonyl (C=O) groups excluding carboxylic acids is 3. The van der Waals surface area contributed by atoms with Crippen LogP contribution in [0.25, 0.3) is 0 Å². The molecule has 1 heterocycles. The van der Waals surface area contributed by atoms with Gasteiger partial charge in [-0.25, -0.2) is 0 Å². The van der Waals surface area contributed by atoms with Crippen molar-refractivity contribution in [3.05, 3.63) is 35.4 Å². The highest BCUT2D eigenvalue weighted by Crippen LogP contribution is 2.49. The third-order valence-electron chi connectivity index (χ3n) is 5.27. The molecule has 3 rings (SSSR count). The standard InChI is InChI=1S/C20H24F3N3O3/c1-12(2)24-17(27)19(29)26-9-7-25(8-10-26)18(28)16-11-15(16)13-3-5-14(6-4-13)20(21,22)23/h3-6,12,15-16H,7-11H2,1-2H3,(H,24,27). The highest BCUT2D eigenvalue weighted by Gasteiger charge is 2.46. The van der Waals surface area contributed by atoms with Crippen LogP contribution in [0.5, 0.6) is 0 Å². The fraction of sp³-hybridized carbons (Fsp3) is 0.550. The largest absolute Gasteiger partial charge is 0.416 e. The van der Waals surface area contributed by atoms with E-state index in [-0.39, 0.29) is 36.9 Å². The van der Waals surface area contributed by atoms with Crippen LogP contribution in [-0.4, -0.2) is 59.7 Å². The van der Waals surface area contributed by atoms with Gasteiger partial charge < -0.3 is 15.1 Å². The molecule has 2 fully saturated rings. The first-order valence-electron chi connectivity index (χ1n) is 9.63. The summed E-state index contributed by atoms with van der Waals surface area (Å²) >= 11 is 0. The van der Waals surface area contributed by atoms with Gasteiger partial charge in [0, 0.05) is 38.1 Å². The van der Waals surface area contributed by atoms with E-state index in [9.17, 15) is 27.6 Å². The first-order chi connectivity index (χ1) is 13.6. The number of halogens is 3. The molecule has 2 unspecified atom stereocenters. The van der Waals surface area contributed by atoms with Gasteiger partial charge in [0.2, 0.25) is 5.91 Å². The van der Waals surface area contributed by atoms with E-state index >= 15 is 0 Å². The van der Waals surface area contributed by atoms with Gasteiger partial charge in [-0.2, -0.15) is 13.2 Å². The summed E-state index contributed by atoms with van der Waals surface area (Å²) in [4.78, 5) is 39.7. The number of carbonyl (C=O) groups is 3. The maximum absolute atomic E-state index is 12.7. The summed E-state index contributed by atoms with van der Waals surface area (Å²) < 4.78 is 38.0. The number of hydrogen-bond acceptors (Lipinski definition) is 3. The number of amides is 3. The Hall–Kier alpha value is -2.58. The zero-order valence-electron chi connectivity index (χ0n) is 16.3. The molecule has 29 heavy (non-hydrogen) atoms. The van der Waals surface area contributed by atoms with Crippen LogP contribution in [0.15, 0.2) is 24.3 Å². The lowest BCUT2D eigenvalue weighted by molar-refractivity contribution is -0.148. The van der Waals surface area contributed by atoms with E-state index in [0.29, 0.717) is 19.5 Å². The number of piperazine rings is 1. The second-order valence-electron chi connectivity index (χ2n) is 7.81. The molecule has 1 aromatic carbocycles. The summed E-state index contributed by atoms with van der Waals surface area (Å²) in [5, 5.41) is 2.56. The van der Waals surface area contributed by atoms with Crippen molar-refractivity contribution < 1.29 is 27.6 Å². The Bertz CT molecular complexity index is 784. The Morgan fingerprint density at radius 2 is 1.55 bits per heavy atom. The molecule has 1 saturated heterocycles. The van der Waals surface area contributed by atoms with E-state index < -0.39 is 23.6 Å².